The Kier molecular flexibility index (Phi) is 2.53. The van der Waals surface area contributed by atoms with Crippen LogP contribution in [0.5, 0.6) is 0 Å². The van der Waals surface area contributed by atoms with Gasteiger partial charge >= 0.3 is 0 Å². The number of aromatic nitrogens is 3. The van der Waals surface area contributed by atoms with Gasteiger partial charge in [0.2, 0.25) is 0 Å². The van der Waals surface area contributed by atoms with Crippen LogP contribution in [0.4, 0.5) is 5.69 Å². The average molecular weight is 261 g/mol. The Morgan fingerprint density at radius 2 is 2.17 bits per heavy atom. The van der Waals surface area contributed by atoms with Crippen molar-refractivity contribution in [3.8, 4) is 22.8 Å². The summed E-state index contributed by atoms with van der Waals surface area (Å²) >= 11 is 5.94. The molecule has 0 aliphatic carbocycles. The van der Waals surface area contributed by atoms with E-state index in [-0.39, 0.29) is 0 Å². The van der Waals surface area contributed by atoms with E-state index >= 15 is 0 Å². The first-order chi connectivity index (χ1) is 8.74. The molecule has 18 heavy (non-hydrogen) atoms. The SMILES string of the molecule is Nc1ccc(Cl)cc1-c1n[nH]c(-c2ccoc2)n1. The highest BCUT2D eigenvalue weighted by Gasteiger charge is 2.11. The second-order valence-corrected chi connectivity index (χ2v) is 4.19. The van der Waals surface area contributed by atoms with Gasteiger partial charge in [0.15, 0.2) is 11.6 Å². The van der Waals surface area contributed by atoms with Crippen LogP contribution in [-0.2, 0) is 0 Å². The van der Waals surface area contributed by atoms with Crippen LogP contribution >= 0.6 is 11.6 Å². The maximum atomic E-state index is 5.94. The van der Waals surface area contributed by atoms with Gasteiger partial charge in [-0.2, -0.15) is 5.10 Å². The van der Waals surface area contributed by atoms with Gasteiger partial charge in [-0.1, -0.05) is 11.6 Å². The first-order valence-electron chi connectivity index (χ1n) is 5.24. The van der Waals surface area contributed by atoms with Gasteiger partial charge in [0, 0.05) is 16.3 Å². The largest absolute Gasteiger partial charge is 0.472 e. The summed E-state index contributed by atoms with van der Waals surface area (Å²) in [7, 11) is 0. The molecule has 0 amide bonds. The van der Waals surface area contributed by atoms with Crippen molar-refractivity contribution in [2.24, 2.45) is 0 Å². The van der Waals surface area contributed by atoms with Gasteiger partial charge in [0.05, 0.1) is 11.8 Å². The third-order valence-electron chi connectivity index (χ3n) is 2.54. The number of hydrogen-bond donors (Lipinski definition) is 2. The summed E-state index contributed by atoms with van der Waals surface area (Å²) in [5.41, 5.74) is 7.99. The summed E-state index contributed by atoms with van der Waals surface area (Å²) in [6.07, 6.45) is 3.16. The molecule has 0 radical (unpaired) electrons. The van der Waals surface area contributed by atoms with Crippen molar-refractivity contribution in [2.45, 2.75) is 0 Å². The van der Waals surface area contributed by atoms with Gasteiger partial charge in [0.25, 0.3) is 0 Å². The Morgan fingerprint density at radius 1 is 1.28 bits per heavy atom. The predicted molar refractivity (Wildman–Crippen MR) is 68.9 cm³/mol. The lowest BCUT2D eigenvalue weighted by atomic mass is 10.2. The number of nitrogen functional groups attached to an aromatic ring is 1. The molecule has 0 aliphatic rings. The highest BCUT2D eigenvalue weighted by Crippen LogP contribution is 2.27. The van der Waals surface area contributed by atoms with E-state index < -0.39 is 0 Å². The molecule has 0 bridgehead atoms. The van der Waals surface area contributed by atoms with Gasteiger partial charge in [-0.15, -0.1) is 0 Å². The topological polar surface area (TPSA) is 80.7 Å². The molecule has 0 saturated heterocycles. The van der Waals surface area contributed by atoms with Crippen LogP contribution in [-0.4, -0.2) is 15.2 Å². The van der Waals surface area contributed by atoms with E-state index in [1.54, 1.807) is 36.8 Å². The van der Waals surface area contributed by atoms with Gasteiger partial charge < -0.3 is 10.2 Å². The lowest BCUT2D eigenvalue weighted by molar-refractivity contribution is 0.568. The maximum absolute atomic E-state index is 5.94. The van der Waals surface area contributed by atoms with Gasteiger partial charge in [-0.05, 0) is 24.3 Å². The molecular weight excluding hydrogens is 252 g/mol. The van der Waals surface area contributed by atoms with Crippen molar-refractivity contribution in [3.05, 3.63) is 41.8 Å². The maximum Gasteiger partial charge on any atom is 0.183 e. The van der Waals surface area contributed by atoms with Crippen LogP contribution in [0.1, 0.15) is 0 Å². The Bertz CT molecular complexity index is 675. The number of nitrogens with two attached hydrogens (primary N) is 1. The molecule has 3 aromatic rings. The highest BCUT2D eigenvalue weighted by molar-refractivity contribution is 6.31. The number of nitrogens with zero attached hydrogens (tertiary/aromatic N) is 2. The first-order valence-corrected chi connectivity index (χ1v) is 5.62. The van der Waals surface area contributed by atoms with Crippen molar-refractivity contribution >= 4 is 17.3 Å². The number of rotatable bonds is 2. The molecule has 0 unspecified atom stereocenters. The molecule has 0 fully saturated rings. The summed E-state index contributed by atoms with van der Waals surface area (Å²) in [6.45, 7) is 0. The van der Waals surface area contributed by atoms with Crippen LogP contribution in [0.15, 0.2) is 41.2 Å². The van der Waals surface area contributed by atoms with Crippen LogP contribution in [0.25, 0.3) is 22.8 Å². The summed E-state index contributed by atoms with van der Waals surface area (Å²) < 4.78 is 4.99. The number of aromatic amines is 1. The molecule has 5 nitrogen and oxygen atoms in total. The van der Waals surface area contributed by atoms with Crippen molar-refractivity contribution < 1.29 is 4.42 Å². The number of furan rings is 1. The second-order valence-electron chi connectivity index (χ2n) is 3.75. The molecule has 3 N–H and O–H groups in total. The molecule has 0 atom stereocenters. The van der Waals surface area contributed by atoms with E-state index in [1.165, 1.54) is 0 Å². The Labute approximate surface area is 108 Å². The third kappa shape index (κ3) is 1.84. The minimum Gasteiger partial charge on any atom is -0.472 e. The second kappa shape index (κ2) is 4.19. The quantitative estimate of drug-likeness (QED) is 0.694. The average Bonchev–Trinajstić information content (AvgIpc) is 3.00. The van der Waals surface area contributed by atoms with Gasteiger partial charge in [-0.25, -0.2) is 4.98 Å². The summed E-state index contributed by atoms with van der Waals surface area (Å²) in [5, 5.41) is 7.55. The fourth-order valence-electron chi connectivity index (χ4n) is 1.63. The molecule has 0 aliphatic heterocycles. The van der Waals surface area contributed by atoms with Crippen molar-refractivity contribution in [1.29, 1.82) is 0 Å². The molecule has 2 aromatic heterocycles. The van der Waals surface area contributed by atoms with Gasteiger partial charge in [0.1, 0.15) is 6.26 Å². The summed E-state index contributed by atoms with van der Waals surface area (Å²) in [4.78, 5) is 4.36. The molecule has 2 heterocycles. The van der Waals surface area contributed by atoms with Crippen LogP contribution < -0.4 is 5.73 Å². The van der Waals surface area contributed by atoms with Crippen molar-refractivity contribution in [1.82, 2.24) is 15.2 Å². The molecule has 1 aromatic carbocycles. The van der Waals surface area contributed by atoms with Crippen LogP contribution in [0, 0.1) is 0 Å². The molecule has 3 rings (SSSR count). The van der Waals surface area contributed by atoms with E-state index in [0.29, 0.717) is 27.9 Å². The number of anilines is 1. The van der Waals surface area contributed by atoms with Gasteiger partial charge in [-0.3, -0.25) is 5.10 Å². The molecule has 0 saturated carbocycles. The Hall–Kier alpha value is -2.27. The molecule has 0 spiro atoms. The number of H-pyrrole nitrogens is 1. The minimum atomic E-state index is 0.506. The Morgan fingerprint density at radius 3 is 2.94 bits per heavy atom. The standard InChI is InChI=1S/C12H9ClN4O/c13-8-1-2-10(14)9(5-8)12-15-11(16-17-12)7-3-4-18-6-7/h1-6H,14H2,(H,15,16,17). The third-order valence-corrected chi connectivity index (χ3v) is 2.77. The number of halogens is 1. The van der Waals surface area contributed by atoms with E-state index in [1.807, 2.05) is 0 Å². The molecule has 6 heteroatoms. The van der Waals surface area contributed by atoms with E-state index in [9.17, 15) is 0 Å². The van der Waals surface area contributed by atoms with E-state index in [2.05, 4.69) is 15.2 Å². The smallest absolute Gasteiger partial charge is 0.183 e. The van der Waals surface area contributed by atoms with Crippen molar-refractivity contribution in [3.63, 3.8) is 0 Å². The number of benzene rings is 1. The first kappa shape index (κ1) is 10.9. The van der Waals surface area contributed by atoms with Crippen LogP contribution in [0.2, 0.25) is 5.02 Å². The van der Waals surface area contributed by atoms with E-state index in [4.69, 9.17) is 21.8 Å². The minimum absolute atomic E-state index is 0.506. The monoisotopic (exact) mass is 260 g/mol. The zero-order valence-corrected chi connectivity index (χ0v) is 9.98. The molecule has 90 valence electrons. The number of hydrogen-bond acceptors (Lipinski definition) is 4. The summed E-state index contributed by atoms with van der Waals surface area (Å²) in [5.74, 6) is 1.13. The Balaban J connectivity index is 2.05. The lowest BCUT2D eigenvalue weighted by Gasteiger charge is -2.00. The zero-order chi connectivity index (χ0) is 12.5. The zero-order valence-electron chi connectivity index (χ0n) is 9.22. The normalized spacial score (nSPS) is 10.7. The van der Waals surface area contributed by atoms with Crippen LogP contribution in [0.3, 0.4) is 0 Å². The fraction of sp³-hybridized carbons (Fsp3) is 0. The lowest BCUT2D eigenvalue weighted by Crippen LogP contribution is -1.91. The van der Waals surface area contributed by atoms with E-state index in [0.717, 1.165) is 5.56 Å². The highest BCUT2D eigenvalue weighted by atomic mass is 35.5. The van der Waals surface area contributed by atoms with Crippen molar-refractivity contribution in [2.75, 3.05) is 5.73 Å². The summed E-state index contributed by atoms with van der Waals surface area (Å²) in [6, 6.07) is 6.99. The number of nitrogens with one attached hydrogen (secondary N) is 1. The fourth-order valence-corrected chi connectivity index (χ4v) is 1.80. The predicted octanol–water partition coefficient (Wildman–Crippen LogP) is 2.97. The molecular formula is C12H9ClN4O.